The van der Waals surface area contributed by atoms with Gasteiger partial charge in [0.25, 0.3) is 0 Å². The lowest BCUT2D eigenvalue weighted by Crippen LogP contribution is -2.26. The number of hydrogen-bond donors (Lipinski definition) is 0. The number of hydrogen-bond acceptors (Lipinski definition) is 6. The molecule has 0 saturated carbocycles. The minimum atomic E-state index is 0.431. The molecule has 0 N–H and O–H groups in total. The summed E-state index contributed by atoms with van der Waals surface area (Å²) in [6.45, 7) is 3.50. The van der Waals surface area contributed by atoms with Gasteiger partial charge < -0.3 is 4.90 Å². The predicted octanol–water partition coefficient (Wildman–Crippen LogP) is 3.45. The number of nitriles is 2. The van der Waals surface area contributed by atoms with Crippen molar-refractivity contribution >= 4 is 27.4 Å². The number of aromatic nitrogens is 2. The predicted molar refractivity (Wildman–Crippen MR) is 91.3 cm³/mol. The van der Waals surface area contributed by atoms with Crippen LogP contribution in [0.25, 0.3) is 10.2 Å². The van der Waals surface area contributed by atoms with Crippen molar-refractivity contribution in [3.05, 3.63) is 16.8 Å². The quantitative estimate of drug-likeness (QED) is 0.841. The Bertz CT molecular complexity index is 765. The van der Waals surface area contributed by atoms with Crippen LogP contribution >= 0.6 is 11.3 Å². The van der Waals surface area contributed by atoms with Crippen LogP contribution in [-0.4, -0.2) is 23.1 Å². The molecule has 2 aromatic rings. The van der Waals surface area contributed by atoms with Gasteiger partial charge in [0.2, 0.25) is 0 Å². The van der Waals surface area contributed by atoms with Crippen molar-refractivity contribution in [3.8, 4) is 12.1 Å². The van der Waals surface area contributed by atoms with Gasteiger partial charge in [-0.05, 0) is 30.7 Å². The van der Waals surface area contributed by atoms with Gasteiger partial charge in [0.15, 0.2) is 0 Å². The smallest absolute Gasteiger partial charge is 0.141 e. The first kappa shape index (κ1) is 15.7. The Morgan fingerprint density at radius 3 is 2.70 bits per heavy atom. The molecule has 2 heterocycles. The third-order valence-electron chi connectivity index (χ3n) is 4.36. The van der Waals surface area contributed by atoms with Gasteiger partial charge in [0.1, 0.15) is 17.0 Å². The van der Waals surface area contributed by atoms with Crippen LogP contribution in [-0.2, 0) is 12.8 Å². The van der Waals surface area contributed by atoms with E-state index in [4.69, 9.17) is 10.5 Å². The molecule has 6 heteroatoms. The number of nitrogens with zero attached hydrogens (tertiary/aromatic N) is 5. The monoisotopic (exact) mass is 325 g/mol. The molecule has 0 bridgehead atoms. The van der Waals surface area contributed by atoms with Crippen molar-refractivity contribution in [1.29, 1.82) is 10.5 Å². The molecule has 1 aliphatic carbocycles. The van der Waals surface area contributed by atoms with Gasteiger partial charge in [-0.1, -0.05) is 6.92 Å². The van der Waals surface area contributed by atoms with Crippen molar-refractivity contribution in [3.63, 3.8) is 0 Å². The lowest BCUT2D eigenvalue weighted by atomic mass is 9.89. The van der Waals surface area contributed by atoms with Crippen molar-refractivity contribution in [2.24, 2.45) is 5.92 Å². The topological polar surface area (TPSA) is 76.6 Å². The Morgan fingerprint density at radius 1 is 1.26 bits per heavy atom. The Labute approximate surface area is 140 Å². The van der Waals surface area contributed by atoms with Crippen molar-refractivity contribution in [1.82, 2.24) is 9.97 Å². The van der Waals surface area contributed by atoms with E-state index in [0.717, 1.165) is 34.8 Å². The maximum atomic E-state index is 8.91. The second kappa shape index (κ2) is 6.93. The largest absolute Gasteiger partial charge is 0.354 e. The van der Waals surface area contributed by atoms with Gasteiger partial charge in [0.05, 0.1) is 30.4 Å². The molecule has 2 aromatic heterocycles. The summed E-state index contributed by atoms with van der Waals surface area (Å²) in [4.78, 5) is 13.5. The minimum Gasteiger partial charge on any atom is -0.354 e. The highest BCUT2D eigenvalue weighted by molar-refractivity contribution is 7.19. The first-order chi connectivity index (χ1) is 11.2. The molecular formula is C17H19N5S. The standard InChI is InChI=1S/C17H19N5S/c1-12-4-5-13-14(10-12)23-17-15(13)16(20-11-21-17)22(8-2-6-18)9-3-7-19/h11-12H,2-5,8-10H2,1H3/t12-/m0/s1. The van der Waals surface area contributed by atoms with E-state index < -0.39 is 0 Å². The molecule has 0 saturated heterocycles. The number of aryl methyl sites for hydroxylation is 1. The Hall–Kier alpha value is -2.18. The molecule has 0 fully saturated rings. The van der Waals surface area contributed by atoms with Crippen molar-refractivity contribution < 1.29 is 0 Å². The van der Waals surface area contributed by atoms with Crippen LogP contribution < -0.4 is 4.90 Å². The number of rotatable bonds is 5. The second-order valence-electron chi connectivity index (χ2n) is 6.03. The summed E-state index contributed by atoms with van der Waals surface area (Å²) >= 11 is 1.77. The van der Waals surface area contributed by atoms with E-state index in [1.54, 1.807) is 17.7 Å². The van der Waals surface area contributed by atoms with E-state index in [9.17, 15) is 0 Å². The molecule has 118 valence electrons. The van der Waals surface area contributed by atoms with Crippen LogP contribution in [0.1, 0.15) is 36.6 Å². The number of anilines is 1. The summed E-state index contributed by atoms with van der Waals surface area (Å²) in [5.74, 6) is 1.62. The highest BCUT2D eigenvalue weighted by Gasteiger charge is 2.24. The zero-order valence-electron chi connectivity index (χ0n) is 13.2. The molecule has 1 atom stereocenters. The van der Waals surface area contributed by atoms with E-state index in [2.05, 4.69) is 33.9 Å². The van der Waals surface area contributed by atoms with E-state index in [1.807, 2.05) is 0 Å². The summed E-state index contributed by atoms with van der Waals surface area (Å²) in [5.41, 5.74) is 1.39. The fourth-order valence-electron chi connectivity index (χ4n) is 3.19. The summed E-state index contributed by atoms with van der Waals surface area (Å²) in [7, 11) is 0. The Kier molecular flexibility index (Phi) is 4.73. The summed E-state index contributed by atoms with van der Waals surface area (Å²) < 4.78 is 0. The zero-order valence-corrected chi connectivity index (χ0v) is 14.1. The van der Waals surface area contributed by atoms with Crippen LogP contribution in [0.15, 0.2) is 6.33 Å². The fraction of sp³-hybridized carbons (Fsp3) is 0.529. The lowest BCUT2D eigenvalue weighted by Gasteiger charge is -2.23. The summed E-state index contributed by atoms with van der Waals surface area (Å²) in [6.07, 6.45) is 5.85. The third kappa shape index (κ3) is 3.13. The van der Waals surface area contributed by atoms with Crippen LogP contribution in [0.4, 0.5) is 5.82 Å². The minimum absolute atomic E-state index is 0.431. The van der Waals surface area contributed by atoms with Gasteiger partial charge in [-0.2, -0.15) is 10.5 Å². The summed E-state index contributed by atoms with van der Waals surface area (Å²) in [6, 6.07) is 4.38. The van der Waals surface area contributed by atoms with E-state index >= 15 is 0 Å². The molecule has 0 radical (unpaired) electrons. The van der Waals surface area contributed by atoms with Gasteiger partial charge in [-0.25, -0.2) is 9.97 Å². The number of fused-ring (bicyclic) bond motifs is 3. The van der Waals surface area contributed by atoms with Gasteiger partial charge >= 0.3 is 0 Å². The van der Waals surface area contributed by atoms with Crippen LogP contribution in [0, 0.1) is 28.6 Å². The molecule has 23 heavy (non-hydrogen) atoms. The lowest BCUT2D eigenvalue weighted by molar-refractivity contribution is 0.509. The van der Waals surface area contributed by atoms with Crippen molar-refractivity contribution in [2.45, 2.75) is 39.0 Å². The fourth-order valence-corrected chi connectivity index (χ4v) is 4.54. The molecular weight excluding hydrogens is 306 g/mol. The third-order valence-corrected chi connectivity index (χ3v) is 5.52. The van der Waals surface area contributed by atoms with Crippen LogP contribution in [0.3, 0.4) is 0 Å². The molecule has 3 rings (SSSR count). The first-order valence-corrected chi connectivity index (χ1v) is 8.80. The van der Waals surface area contributed by atoms with Gasteiger partial charge in [0, 0.05) is 18.0 Å². The average Bonchev–Trinajstić information content (AvgIpc) is 2.92. The van der Waals surface area contributed by atoms with Crippen molar-refractivity contribution in [2.75, 3.05) is 18.0 Å². The van der Waals surface area contributed by atoms with Gasteiger partial charge in [-0.15, -0.1) is 11.3 Å². The van der Waals surface area contributed by atoms with Crippen LogP contribution in [0.2, 0.25) is 0 Å². The highest BCUT2D eigenvalue weighted by atomic mass is 32.1. The molecule has 1 aliphatic rings. The second-order valence-corrected chi connectivity index (χ2v) is 7.12. The maximum absolute atomic E-state index is 8.91. The van der Waals surface area contributed by atoms with Crippen LogP contribution in [0.5, 0.6) is 0 Å². The first-order valence-electron chi connectivity index (χ1n) is 7.98. The average molecular weight is 325 g/mol. The number of thiophene rings is 1. The Balaban J connectivity index is 2.05. The zero-order chi connectivity index (χ0) is 16.2. The van der Waals surface area contributed by atoms with Gasteiger partial charge in [-0.3, -0.25) is 0 Å². The molecule has 0 spiro atoms. The van der Waals surface area contributed by atoms with E-state index in [1.165, 1.54) is 16.9 Å². The molecule has 0 aromatic carbocycles. The SMILES string of the molecule is C[C@H]1CCc2c(sc3ncnc(N(CCC#N)CCC#N)c23)C1. The van der Waals surface area contributed by atoms with E-state index in [0.29, 0.717) is 25.9 Å². The highest BCUT2D eigenvalue weighted by Crippen LogP contribution is 2.40. The Morgan fingerprint density at radius 2 is 2.00 bits per heavy atom. The molecule has 0 unspecified atom stereocenters. The molecule has 0 amide bonds. The summed E-state index contributed by atoms with van der Waals surface area (Å²) in [5, 5.41) is 19.0. The van der Waals surface area contributed by atoms with E-state index in [-0.39, 0.29) is 0 Å². The molecule has 0 aliphatic heterocycles. The molecule has 5 nitrogen and oxygen atoms in total. The maximum Gasteiger partial charge on any atom is 0.141 e. The normalized spacial score (nSPS) is 16.6.